The molecule has 0 aromatic carbocycles. The molecule has 58 valence electrons. The van der Waals surface area contributed by atoms with Gasteiger partial charge in [-0.05, 0) is 0 Å². The lowest BCUT2D eigenvalue weighted by Gasteiger charge is -2.16. The number of aromatic nitrogens is 2. The topological polar surface area (TPSA) is 67.0 Å². The highest BCUT2D eigenvalue weighted by atomic mass is 16.5. The predicted molar refractivity (Wildman–Crippen MR) is 38.8 cm³/mol. The predicted octanol–water partition coefficient (Wildman–Crippen LogP) is -0.426. The van der Waals surface area contributed by atoms with Crippen molar-refractivity contribution in [1.82, 2.24) is 9.97 Å². The van der Waals surface area contributed by atoms with E-state index in [1.54, 1.807) is 0 Å². The summed E-state index contributed by atoms with van der Waals surface area (Å²) in [5.41, 5.74) is 0.364. The SMILES string of the molecule is O=c1ncc2c([nH]1)OCCN2. The third-order valence-electron chi connectivity index (χ3n) is 1.44. The third kappa shape index (κ3) is 1.04. The van der Waals surface area contributed by atoms with Crippen LogP contribution in [0.3, 0.4) is 0 Å². The number of rotatable bonds is 0. The molecular weight excluding hydrogens is 146 g/mol. The Morgan fingerprint density at radius 1 is 1.64 bits per heavy atom. The van der Waals surface area contributed by atoms with E-state index < -0.39 is 0 Å². The number of H-pyrrole nitrogens is 1. The van der Waals surface area contributed by atoms with Crippen molar-refractivity contribution < 1.29 is 4.74 Å². The van der Waals surface area contributed by atoms with E-state index in [0.29, 0.717) is 12.5 Å². The van der Waals surface area contributed by atoms with Gasteiger partial charge in [0.1, 0.15) is 12.3 Å². The van der Waals surface area contributed by atoms with Crippen LogP contribution in [-0.2, 0) is 0 Å². The molecule has 1 aromatic rings. The molecule has 0 saturated heterocycles. The average Bonchev–Trinajstić information content (AvgIpc) is 2.04. The second kappa shape index (κ2) is 2.26. The summed E-state index contributed by atoms with van der Waals surface area (Å²) in [5.74, 6) is 0.483. The van der Waals surface area contributed by atoms with Crippen LogP contribution in [-0.4, -0.2) is 23.1 Å². The molecule has 1 aliphatic rings. The van der Waals surface area contributed by atoms with Crippen LogP contribution in [0.2, 0.25) is 0 Å². The maximum absolute atomic E-state index is 10.7. The Morgan fingerprint density at radius 3 is 3.45 bits per heavy atom. The summed E-state index contributed by atoms with van der Waals surface area (Å²) >= 11 is 0. The normalized spacial score (nSPS) is 14.5. The molecule has 0 unspecified atom stereocenters. The Kier molecular flexibility index (Phi) is 1.28. The average molecular weight is 153 g/mol. The lowest BCUT2D eigenvalue weighted by molar-refractivity contribution is 0.308. The number of hydrogen-bond acceptors (Lipinski definition) is 4. The minimum absolute atomic E-state index is 0.382. The molecule has 0 aliphatic carbocycles. The van der Waals surface area contributed by atoms with Crippen molar-refractivity contribution >= 4 is 5.69 Å². The smallest absolute Gasteiger partial charge is 0.347 e. The number of ether oxygens (including phenoxy) is 1. The number of hydrogen-bond donors (Lipinski definition) is 2. The lowest BCUT2D eigenvalue weighted by Crippen LogP contribution is -2.22. The first kappa shape index (κ1) is 6.21. The molecule has 0 spiro atoms. The van der Waals surface area contributed by atoms with Gasteiger partial charge in [-0.1, -0.05) is 0 Å². The van der Waals surface area contributed by atoms with Gasteiger partial charge in [0.25, 0.3) is 0 Å². The van der Waals surface area contributed by atoms with Gasteiger partial charge in [-0.3, -0.25) is 4.98 Å². The second-order valence-corrected chi connectivity index (χ2v) is 2.21. The van der Waals surface area contributed by atoms with Gasteiger partial charge in [-0.25, -0.2) is 4.79 Å². The zero-order valence-electron chi connectivity index (χ0n) is 5.76. The summed E-state index contributed by atoms with van der Waals surface area (Å²) in [6.45, 7) is 1.33. The minimum Gasteiger partial charge on any atom is -0.476 e. The van der Waals surface area contributed by atoms with Gasteiger partial charge in [0.05, 0.1) is 6.20 Å². The fourth-order valence-corrected chi connectivity index (χ4v) is 0.957. The Bertz CT molecular complexity index is 320. The van der Waals surface area contributed by atoms with Crippen molar-refractivity contribution in [2.45, 2.75) is 0 Å². The maximum Gasteiger partial charge on any atom is 0.347 e. The van der Waals surface area contributed by atoms with Gasteiger partial charge in [-0.2, -0.15) is 4.98 Å². The van der Waals surface area contributed by atoms with Gasteiger partial charge in [0.15, 0.2) is 0 Å². The number of fused-ring (bicyclic) bond motifs is 1. The molecule has 0 fully saturated rings. The van der Waals surface area contributed by atoms with Crippen LogP contribution in [0.1, 0.15) is 0 Å². The van der Waals surface area contributed by atoms with E-state index in [4.69, 9.17) is 4.74 Å². The second-order valence-electron chi connectivity index (χ2n) is 2.21. The lowest BCUT2D eigenvalue weighted by atomic mass is 10.4. The summed E-state index contributed by atoms with van der Waals surface area (Å²) in [7, 11) is 0. The summed E-state index contributed by atoms with van der Waals surface area (Å²) < 4.78 is 5.15. The number of anilines is 1. The fraction of sp³-hybridized carbons (Fsp3) is 0.333. The number of aromatic amines is 1. The molecule has 0 amide bonds. The number of nitrogens with zero attached hydrogens (tertiary/aromatic N) is 1. The first-order chi connectivity index (χ1) is 5.36. The maximum atomic E-state index is 10.7. The van der Waals surface area contributed by atoms with E-state index in [1.807, 2.05) is 0 Å². The zero-order chi connectivity index (χ0) is 7.68. The van der Waals surface area contributed by atoms with Crippen LogP contribution in [0, 0.1) is 0 Å². The third-order valence-corrected chi connectivity index (χ3v) is 1.44. The molecule has 0 saturated carbocycles. The standard InChI is InChI=1S/C6H7N3O2/c10-6-8-3-4-5(9-6)11-2-1-7-4/h3,7H,1-2H2,(H,8,9,10). The van der Waals surface area contributed by atoms with Crippen molar-refractivity contribution in [3.8, 4) is 5.88 Å². The first-order valence-corrected chi connectivity index (χ1v) is 3.32. The highest BCUT2D eigenvalue weighted by Crippen LogP contribution is 2.19. The van der Waals surface area contributed by atoms with Gasteiger partial charge < -0.3 is 10.1 Å². The van der Waals surface area contributed by atoms with Gasteiger partial charge >= 0.3 is 5.69 Å². The van der Waals surface area contributed by atoms with Crippen molar-refractivity contribution in [2.24, 2.45) is 0 Å². The highest BCUT2D eigenvalue weighted by Gasteiger charge is 2.09. The van der Waals surface area contributed by atoms with E-state index in [2.05, 4.69) is 15.3 Å². The summed E-state index contributed by atoms with van der Waals surface area (Å²) in [4.78, 5) is 16.7. The van der Waals surface area contributed by atoms with E-state index in [0.717, 1.165) is 12.2 Å². The molecule has 0 bridgehead atoms. The zero-order valence-corrected chi connectivity index (χ0v) is 5.76. The van der Waals surface area contributed by atoms with Crippen molar-refractivity contribution in [2.75, 3.05) is 18.5 Å². The quantitative estimate of drug-likeness (QED) is 0.531. The Labute approximate surface area is 62.4 Å². The van der Waals surface area contributed by atoms with E-state index in [1.165, 1.54) is 6.20 Å². The highest BCUT2D eigenvalue weighted by molar-refractivity contribution is 5.51. The van der Waals surface area contributed by atoms with Gasteiger partial charge in [-0.15, -0.1) is 0 Å². The summed E-state index contributed by atoms with van der Waals surface area (Å²) in [6.07, 6.45) is 1.47. The summed E-state index contributed by atoms with van der Waals surface area (Å²) in [6, 6.07) is 0. The Balaban J connectivity index is 2.51. The van der Waals surface area contributed by atoms with Crippen molar-refractivity contribution in [3.63, 3.8) is 0 Å². The first-order valence-electron chi connectivity index (χ1n) is 3.32. The Hall–Kier alpha value is -1.52. The van der Waals surface area contributed by atoms with E-state index >= 15 is 0 Å². The van der Waals surface area contributed by atoms with Crippen molar-refractivity contribution in [1.29, 1.82) is 0 Å². The molecule has 5 nitrogen and oxygen atoms in total. The Morgan fingerprint density at radius 2 is 2.55 bits per heavy atom. The van der Waals surface area contributed by atoms with Crippen LogP contribution in [0.25, 0.3) is 0 Å². The molecule has 2 N–H and O–H groups in total. The van der Waals surface area contributed by atoms with Crippen LogP contribution in [0.5, 0.6) is 5.88 Å². The molecule has 11 heavy (non-hydrogen) atoms. The monoisotopic (exact) mass is 153 g/mol. The van der Waals surface area contributed by atoms with Crippen LogP contribution in [0.4, 0.5) is 5.69 Å². The van der Waals surface area contributed by atoms with Crippen molar-refractivity contribution in [3.05, 3.63) is 16.7 Å². The largest absolute Gasteiger partial charge is 0.476 e. The molecule has 0 radical (unpaired) electrons. The fourth-order valence-electron chi connectivity index (χ4n) is 0.957. The number of nitrogens with one attached hydrogen (secondary N) is 2. The van der Waals surface area contributed by atoms with Crippen LogP contribution < -0.4 is 15.7 Å². The molecular formula is C6H7N3O2. The van der Waals surface area contributed by atoms with E-state index in [-0.39, 0.29) is 5.69 Å². The van der Waals surface area contributed by atoms with E-state index in [9.17, 15) is 4.79 Å². The van der Waals surface area contributed by atoms with Crippen LogP contribution >= 0.6 is 0 Å². The summed E-state index contributed by atoms with van der Waals surface area (Å²) in [5, 5.41) is 3.03. The molecule has 1 aromatic heterocycles. The van der Waals surface area contributed by atoms with Gasteiger partial charge in [0.2, 0.25) is 5.88 Å². The molecule has 2 rings (SSSR count). The molecule has 0 atom stereocenters. The minimum atomic E-state index is -0.382. The molecule has 2 heterocycles. The molecule has 1 aliphatic heterocycles. The van der Waals surface area contributed by atoms with Gasteiger partial charge in [0, 0.05) is 6.54 Å². The molecule has 5 heteroatoms. The van der Waals surface area contributed by atoms with Crippen LogP contribution in [0.15, 0.2) is 11.0 Å².